The molecule has 0 saturated carbocycles. The normalized spacial score (nSPS) is 9.59. The van der Waals surface area contributed by atoms with Crippen LogP contribution in [0.3, 0.4) is 0 Å². The second-order valence-corrected chi connectivity index (χ2v) is 4.25. The maximum absolute atomic E-state index is 11.8. The summed E-state index contributed by atoms with van der Waals surface area (Å²) in [5, 5.41) is 22.0. The first-order chi connectivity index (χ1) is 10.6. The second kappa shape index (κ2) is 6.85. The Labute approximate surface area is 125 Å². The van der Waals surface area contributed by atoms with E-state index in [0.29, 0.717) is 11.3 Å². The van der Waals surface area contributed by atoms with Crippen LogP contribution >= 0.6 is 0 Å². The smallest absolute Gasteiger partial charge is 0.292 e. The minimum Gasteiger partial charge on any atom is -0.484 e. The molecule has 2 aromatic carbocycles. The highest BCUT2D eigenvalue weighted by atomic mass is 16.6. The van der Waals surface area contributed by atoms with E-state index in [1.54, 1.807) is 24.3 Å². The molecule has 0 saturated heterocycles. The largest absolute Gasteiger partial charge is 0.484 e. The van der Waals surface area contributed by atoms with Gasteiger partial charge in [0.2, 0.25) is 0 Å². The van der Waals surface area contributed by atoms with Crippen LogP contribution in [-0.4, -0.2) is 17.4 Å². The topological polar surface area (TPSA) is 105 Å². The van der Waals surface area contributed by atoms with E-state index in [-0.39, 0.29) is 18.0 Å². The minimum absolute atomic E-state index is 0.104. The fourth-order valence-corrected chi connectivity index (χ4v) is 1.73. The van der Waals surface area contributed by atoms with Crippen LogP contribution in [0.15, 0.2) is 48.5 Å². The van der Waals surface area contributed by atoms with E-state index in [0.717, 1.165) is 0 Å². The standard InChI is InChI=1S/C15H11N3O4/c16-9-11-4-3-5-12(8-11)22-10-15(19)17-13-6-1-2-7-14(13)18(20)21/h1-8H,10H2,(H,17,19). The molecule has 0 aromatic heterocycles. The number of hydrogen-bond donors (Lipinski definition) is 1. The van der Waals surface area contributed by atoms with Gasteiger partial charge in [0.15, 0.2) is 6.61 Å². The number of hydrogen-bond acceptors (Lipinski definition) is 5. The molecule has 0 heterocycles. The van der Waals surface area contributed by atoms with Crippen molar-refractivity contribution < 1.29 is 14.5 Å². The molecule has 0 aliphatic carbocycles. The molecular weight excluding hydrogens is 286 g/mol. The molecule has 110 valence electrons. The molecule has 7 heteroatoms. The number of benzene rings is 2. The highest BCUT2D eigenvalue weighted by Crippen LogP contribution is 2.23. The molecule has 1 N–H and O–H groups in total. The fraction of sp³-hybridized carbons (Fsp3) is 0.0667. The summed E-state index contributed by atoms with van der Waals surface area (Å²) in [5.41, 5.74) is 0.325. The van der Waals surface area contributed by atoms with Gasteiger partial charge >= 0.3 is 0 Å². The van der Waals surface area contributed by atoms with Crippen molar-refractivity contribution in [3.8, 4) is 11.8 Å². The number of rotatable bonds is 5. The third-order valence-electron chi connectivity index (χ3n) is 2.71. The summed E-state index contributed by atoms with van der Waals surface area (Å²) < 4.78 is 5.25. The summed E-state index contributed by atoms with van der Waals surface area (Å²) in [5.74, 6) is -0.159. The number of ether oxygens (including phenoxy) is 1. The molecule has 0 spiro atoms. The van der Waals surface area contributed by atoms with E-state index in [2.05, 4.69) is 5.32 Å². The van der Waals surface area contributed by atoms with Gasteiger partial charge in [-0.25, -0.2) is 0 Å². The number of nitriles is 1. The molecule has 2 rings (SSSR count). The third-order valence-corrected chi connectivity index (χ3v) is 2.71. The molecule has 22 heavy (non-hydrogen) atoms. The maximum atomic E-state index is 11.8. The van der Waals surface area contributed by atoms with E-state index < -0.39 is 10.8 Å². The molecule has 0 aliphatic heterocycles. The van der Waals surface area contributed by atoms with Gasteiger partial charge in [0.05, 0.1) is 16.6 Å². The summed E-state index contributed by atoms with van der Waals surface area (Å²) in [6.45, 7) is -0.319. The van der Waals surface area contributed by atoms with Crippen LogP contribution in [0.2, 0.25) is 0 Å². The minimum atomic E-state index is -0.577. The number of carbonyl (C=O) groups excluding carboxylic acids is 1. The van der Waals surface area contributed by atoms with Crippen LogP contribution in [0, 0.1) is 21.4 Å². The summed E-state index contributed by atoms with van der Waals surface area (Å²) in [6, 6.07) is 14.1. The summed E-state index contributed by atoms with van der Waals surface area (Å²) in [7, 11) is 0. The molecule has 7 nitrogen and oxygen atoms in total. The average molecular weight is 297 g/mol. The van der Waals surface area contributed by atoms with Gasteiger partial charge < -0.3 is 10.1 Å². The van der Waals surface area contributed by atoms with Gasteiger partial charge in [-0.1, -0.05) is 18.2 Å². The van der Waals surface area contributed by atoms with Crippen molar-refractivity contribution >= 4 is 17.3 Å². The van der Waals surface area contributed by atoms with Crippen LogP contribution < -0.4 is 10.1 Å². The zero-order chi connectivity index (χ0) is 15.9. The average Bonchev–Trinajstić information content (AvgIpc) is 2.53. The first kappa shape index (κ1) is 15.0. The number of nitro benzene ring substituents is 1. The van der Waals surface area contributed by atoms with Crippen molar-refractivity contribution in [3.05, 3.63) is 64.2 Å². The number of nitro groups is 1. The van der Waals surface area contributed by atoms with Gasteiger partial charge in [0.25, 0.3) is 11.6 Å². The highest BCUT2D eigenvalue weighted by Gasteiger charge is 2.14. The first-order valence-corrected chi connectivity index (χ1v) is 6.26. The molecule has 2 aromatic rings. The predicted octanol–water partition coefficient (Wildman–Crippen LogP) is 2.48. The molecule has 1 amide bonds. The summed E-state index contributed by atoms with van der Waals surface area (Å²) >= 11 is 0. The quantitative estimate of drug-likeness (QED) is 0.674. The lowest BCUT2D eigenvalue weighted by Gasteiger charge is -2.08. The number of nitrogens with one attached hydrogen (secondary N) is 1. The Kier molecular flexibility index (Phi) is 4.67. The van der Waals surface area contributed by atoms with E-state index >= 15 is 0 Å². The van der Waals surface area contributed by atoms with Gasteiger partial charge in [-0.3, -0.25) is 14.9 Å². The van der Waals surface area contributed by atoms with Crippen LogP contribution in [0.4, 0.5) is 11.4 Å². The predicted molar refractivity (Wildman–Crippen MR) is 78.4 cm³/mol. The second-order valence-electron chi connectivity index (χ2n) is 4.25. The van der Waals surface area contributed by atoms with E-state index in [4.69, 9.17) is 10.00 Å². The van der Waals surface area contributed by atoms with Crippen molar-refractivity contribution in [2.75, 3.05) is 11.9 Å². The molecule has 0 atom stereocenters. The van der Waals surface area contributed by atoms with E-state index in [1.807, 2.05) is 6.07 Å². The van der Waals surface area contributed by atoms with Crippen LogP contribution in [0.5, 0.6) is 5.75 Å². The molecule has 0 fully saturated rings. The first-order valence-electron chi connectivity index (χ1n) is 6.26. The molecular formula is C15H11N3O4. The SMILES string of the molecule is N#Cc1cccc(OCC(=O)Nc2ccccc2[N+](=O)[O-])c1. The number of anilines is 1. The lowest BCUT2D eigenvalue weighted by atomic mass is 10.2. The van der Waals surface area contributed by atoms with Crippen molar-refractivity contribution in [1.29, 1.82) is 5.26 Å². The number of para-hydroxylation sites is 2. The van der Waals surface area contributed by atoms with E-state index in [9.17, 15) is 14.9 Å². The van der Waals surface area contributed by atoms with Crippen molar-refractivity contribution in [1.82, 2.24) is 0 Å². The Morgan fingerprint density at radius 2 is 2.05 bits per heavy atom. The monoisotopic (exact) mass is 297 g/mol. The van der Waals surface area contributed by atoms with Crippen molar-refractivity contribution in [3.63, 3.8) is 0 Å². The Hall–Kier alpha value is -3.40. The van der Waals surface area contributed by atoms with Gasteiger partial charge in [0.1, 0.15) is 11.4 Å². The van der Waals surface area contributed by atoms with Crippen LogP contribution in [0.25, 0.3) is 0 Å². The van der Waals surface area contributed by atoms with Crippen LogP contribution in [0.1, 0.15) is 5.56 Å². The Bertz CT molecular complexity index is 752. The van der Waals surface area contributed by atoms with Gasteiger partial charge in [0, 0.05) is 6.07 Å². The maximum Gasteiger partial charge on any atom is 0.292 e. The molecule has 0 bridgehead atoms. The number of amides is 1. The summed E-state index contributed by atoms with van der Waals surface area (Å²) in [4.78, 5) is 22.1. The number of carbonyl (C=O) groups is 1. The third kappa shape index (κ3) is 3.80. The van der Waals surface area contributed by atoms with E-state index in [1.165, 1.54) is 24.3 Å². The Morgan fingerprint density at radius 3 is 2.77 bits per heavy atom. The molecule has 0 aliphatic rings. The fourth-order valence-electron chi connectivity index (χ4n) is 1.73. The van der Waals surface area contributed by atoms with Crippen LogP contribution in [-0.2, 0) is 4.79 Å². The van der Waals surface area contributed by atoms with Gasteiger partial charge in [-0.2, -0.15) is 5.26 Å². The molecule has 0 radical (unpaired) electrons. The zero-order valence-corrected chi connectivity index (χ0v) is 11.4. The Morgan fingerprint density at radius 1 is 1.27 bits per heavy atom. The van der Waals surface area contributed by atoms with Gasteiger partial charge in [-0.15, -0.1) is 0 Å². The zero-order valence-electron chi connectivity index (χ0n) is 11.4. The summed E-state index contributed by atoms with van der Waals surface area (Å²) in [6.07, 6.45) is 0. The lowest BCUT2D eigenvalue weighted by molar-refractivity contribution is -0.383. The van der Waals surface area contributed by atoms with Crippen molar-refractivity contribution in [2.45, 2.75) is 0 Å². The molecule has 0 unspecified atom stereocenters. The highest BCUT2D eigenvalue weighted by molar-refractivity contribution is 5.94. The Balaban J connectivity index is 1.99. The lowest BCUT2D eigenvalue weighted by Crippen LogP contribution is -2.20. The van der Waals surface area contributed by atoms with Gasteiger partial charge in [-0.05, 0) is 24.3 Å². The number of nitrogens with zero attached hydrogens (tertiary/aromatic N) is 2. The van der Waals surface area contributed by atoms with Crippen molar-refractivity contribution in [2.24, 2.45) is 0 Å².